The van der Waals surface area contributed by atoms with Crippen molar-refractivity contribution >= 4 is 17.4 Å². The number of aromatic nitrogens is 4. The number of carbonyl (C=O) groups is 1. The Bertz CT molecular complexity index is 917. The summed E-state index contributed by atoms with van der Waals surface area (Å²) in [7, 11) is 0. The number of aryl methyl sites for hydroxylation is 3. The number of rotatable bonds is 5. The van der Waals surface area contributed by atoms with E-state index in [2.05, 4.69) is 27.3 Å². The molecule has 130 valence electrons. The number of carbonyl (C=O) groups excluding carboxylic acids is 1. The molecule has 0 unspecified atom stereocenters. The van der Waals surface area contributed by atoms with Gasteiger partial charge in [-0.15, -0.1) is 5.10 Å². The Kier molecular flexibility index (Phi) is 4.74. The van der Waals surface area contributed by atoms with E-state index in [0.29, 0.717) is 11.5 Å². The molecule has 1 aromatic carbocycles. The van der Waals surface area contributed by atoms with Crippen molar-refractivity contribution in [1.29, 1.82) is 0 Å². The fourth-order valence-electron chi connectivity index (χ4n) is 2.73. The van der Waals surface area contributed by atoms with E-state index in [9.17, 15) is 9.18 Å². The maximum atomic E-state index is 12.9. The third-order valence-electron chi connectivity index (χ3n) is 4.03. The summed E-state index contributed by atoms with van der Waals surface area (Å²) in [6.45, 7) is 5.84. The summed E-state index contributed by atoms with van der Waals surface area (Å²) < 4.78 is 14.6. The average molecular weight is 341 g/mol. The van der Waals surface area contributed by atoms with Gasteiger partial charge in [-0.05, 0) is 44.5 Å². The Balaban J connectivity index is 1.84. The normalized spacial score (nSPS) is 11.0. The van der Waals surface area contributed by atoms with E-state index in [-0.39, 0.29) is 18.1 Å². The molecule has 0 spiro atoms. The summed E-state index contributed by atoms with van der Waals surface area (Å²) in [5.41, 5.74) is 2.99. The molecule has 2 aromatic heterocycles. The first-order valence-electron chi connectivity index (χ1n) is 8.25. The Hall–Kier alpha value is -2.83. The maximum absolute atomic E-state index is 12.9. The first-order chi connectivity index (χ1) is 12.0. The molecule has 25 heavy (non-hydrogen) atoms. The minimum atomic E-state index is -0.339. The standard InChI is InChI=1S/C18H20FN5O/c1-4-5-16-22-18-20-11(2)15(12(3)24(18)23-16)10-17(25)21-14-8-6-13(19)7-9-14/h6-9H,4-5,10H2,1-3H3,(H,21,25). The second-order valence-corrected chi connectivity index (χ2v) is 5.98. The molecule has 0 aliphatic heterocycles. The van der Waals surface area contributed by atoms with Gasteiger partial charge in [0.05, 0.1) is 6.42 Å². The zero-order valence-corrected chi connectivity index (χ0v) is 14.5. The minimum absolute atomic E-state index is 0.168. The van der Waals surface area contributed by atoms with Crippen molar-refractivity contribution in [3.8, 4) is 0 Å². The van der Waals surface area contributed by atoms with Crippen molar-refractivity contribution in [2.24, 2.45) is 0 Å². The van der Waals surface area contributed by atoms with Gasteiger partial charge in [0.2, 0.25) is 5.91 Å². The van der Waals surface area contributed by atoms with Crippen LogP contribution in [0.15, 0.2) is 24.3 Å². The molecule has 1 amide bonds. The SMILES string of the molecule is CCCc1nc2nc(C)c(CC(=O)Nc3ccc(F)cc3)c(C)n2n1. The molecule has 0 saturated heterocycles. The van der Waals surface area contributed by atoms with Crippen molar-refractivity contribution in [3.05, 3.63) is 52.9 Å². The monoisotopic (exact) mass is 341 g/mol. The largest absolute Gasteiger partial charge is 0.326 e. The first-order valence-corrected chi connectivity index (χ1v) is 8.25. The molecule has 0 saturated carbocycles. The van der Waals surface area contributed by atoms with E-state index in [1.807, 2.05) is 13.8 Å². The quantitative estimate of drug-likeness (QED) is 0.774. The third kappa shape index (κ3) is 3.65. The Morgan fingerprint density at radius 3 is 2.60 bits per heavy atom. The summed E-state index contributed by atoms with van der Waals surface area (Å²) in [5.74, 6) is 0.785. The first kappa shape index (κ1) is 17.0. The van der Waals surface area contributed by atoms with Crippen molar-refractivity contribution in [2.75, 3.05) is 5.32 Å². The fraction of sp³-hybridized carbons (Fsp3) is 0.333. The van der Waals surface area contributed by atoms with Crippen LogP contribution in [0.4, 0.5) is 10.1 Å². The number of hydrogen-bond acceptors (Lipinski definition) is 4. The molecular formula is C18H20FN5O. The van der Waals surface area contributed by atoms with Crippen LogP contribution in [0.1, 0.15) is 36.1 Å². The van der Waals surface area contributed by atoms with Crippen molar-refractivity contribution in [2.45, 2.75) is 40.0 Å². The Morgan fingerprint density at radius 1 is 1.20 bits per heavy atom. The predicted octanol–water partition coefficient (Wildman–Crippen LogP) is 3.01. The van der Waals surface area contributed by atoms with Crippen molar-refractivity contribution < 1.29 is 9.18 Å². The third-order valence-corrected chi connectivity index (χ3v) is 4.03. The summed E-state index contributed by atoms with van der Waals surface area (Å²) in [6, 6.07) is 5.68. The highest BCUT2D eigenvalue weighted by Gasteiger charge is 2.16. The van der Waals surface area contributed by atoms with Crippen LogP contribution in [0.25, 0.3) is 5.78 Å². The molecule has 3 rings (SSSR count). The van der Waals surface area contributed by atoms with Gasteiger partial charge in [0.15, 0.2) is 5.82 Å². The van der Waals surface area contributed by atoms with E-state index >= 15 is 0 Å². The van der Waals surface area contributed by atoms with Crippen LogP contribution >= 0.6 is 0 Å². The molecule has 0 atom stereocenters. The van der Waals surface area contributed by atoms with Crippen LogP contribution in [0.5, 0.6) is 0 Å². The molecule has 0 radical (unpaired) electrons. The molecule has 6 nitrogen and oxygen atoms in total. The molecule has 1 N–H and O–H groups in total. The fourth-order valence-corrected chi connectivity index (χ4v) is 2.73. The number of fused-ring (bicyclic) bond motifs is 1. The summed E-state index contributed by atoms with van der Waals surface area (Å²) in [5, 5.41) is 7.24. The number of nitrogens with zero attached hydrogens (tertiary/aromatic N) is 4. The van der Waals surface area contributed by atoms with Gasteiger partial charge in [0, 0.05) is 29.1 Å². The van der Waals surface area contributed by atoms with E-state index in [1.54, 1.807) is 4.52 Å². The summed E-state index contributed by atoms with van der Waals surface area (Å²) in [4.78, 5) is 21.2. The molecule has 2 heterocycles. The molecule has 3 aromatic rings. The second kappa shape index (κ2) is 6.96. The highest BCUT2D eigenvalue weighted by molar-refractivity contribution is 5.92. The van der Waals surface area contributed by atoms with Gasteiger partial charge in [-0.25, -0.2) is 13.9 Å². The lowest BCUT2D eigenvalue weighted by Gasteiger charge is -2.10. The molecule has 0 bridgehead atoms. The van der Waals surface area contributed by atoms with Crippen LogP contribution in [-0.2, 0) is 17.6 Å². The minimum Gasteiger partial charge on any atom is -0.326 e. The van der Waals surface area contributed by atoms with E-state index in [4.69, 9.17) is 0 Å². The zero-order valence-electron chi connectivity index (χ0n) is 14.5. The number of amides is 1. The van der Waals surface area contributed by atoms with Crippen molar-refractivity contribution in [3.63, 3.8) is 0 Å². The number of halogens is 1. The van der Waals surface area contributed by atoms with Crippen LogP contribution in [0.2, 0.25) is 0 Å². The predicted molar refractivity (Wildman–Crippen MR) is 93.0 cm³/mol. The Labute approximate surface area is 145 Å². The number of hydrogen-bond donors (Lipinski definition) is 1. The van der Waals surface area contributed by atoms with Crippen LogP contribution in [-0.4, -0.2) is 25.5 Å². The van der Waals surface area contributed by atoms with Crippen LogP contribution in [0, 0.1) is 19.7 Å². The van der Waals surface area contributed by atoms with E-state index in [0.717, 1.165) is 35.6 Å². The number of benzene rings is 1. The summed E-state index contributed by atoms with van der Waals surface area (Å²) >= 11 is 0. The van der Waals surface area contributed by atoms with Crippen LogP contribution in [0.3, 0.4) is 0 Å². The van der Waals surface area contributed by atoms with Gasteiger partial charge in [-0.3, -0.25) is 4.79 Å². The lowest BCUT2D eigenvalue weighted by atomic mass is 10.1. The average Bonchev–Trinajstić information content (AvgIpc) is 2.97. The highest BCUT2D eigenvalue weighted by Crippen LogP contribution is 2.16. The van der Waals surface area contributed by atoms with E-state index < -0.39 is 0 Å². The lowest BCUT2D eigenvalue weighted by molar-refractivity contribution is -0.115. The van der Waals surface area contributed by atoms with Gasteiger partial charge >= 0.3 is 0 Å². The second-order valence-electron chi connectivity index (χ2n) is 5.98. The maximum Gasteiger partial charge on any atom is 0.252 e. The van der Waals surface area contributed by atoms with E-state index in [1.165, 1.54) is 24.3 Å². The topological polar surface area (TPSA) is 72.2 Å². The summed E-state index contributed by atoms with van der Waals surface area (Å²) in [6.07, 6.45) is 1.92. The molecular weight excluding hydrogens is 321 g/mol. The van der Waals surface area contributed by atoms with Crippen LogP contribution < -0.4 is 5.32 Å². The van der Waals surface area contributed by atoms with Gasteiger partial charge < -0.3 is 5.32 Å². The lowest BCUT2D eigenvalue weighted by Crippen LogP contribution is -2.17. The highest BCUT2D eigenvalue weighted by atomic mass is 19.1. The van der Waals surface area contributed by atoms with Gasteiger partial charge in [-0.2, -0.15) is 4.98 Å². The molecule has 0 aliphatic rings. The molecule has 0 aliphatic carbocycles. The Morgan fingerprint density at radius 2 is 1.92 bits per heavy atom. The van der Waals surface area contributed by atoms with Crippen molar-refractivity contribution in [1.82, 2.24) is 19.6 Å². The number of nitrogens with one attached hydrogen (secondary N) is 1. The van der Waals surface area contributed by atoms with Gasteiger partial charge in [-0.1, -0.05) is 6.92 Å². The van der Waals surface area contributed by atoms with Gasteiger partial charge in [0.1, 0.15) is 5.82 Å². The van der Waals surface area contributed by atoms with Gasteiger partial charge in [0.25, 0.3) is 5.78 Å². The molecule has 0 fully saturated rings. The zero-order chi connectivity index (χ0) is 18.0. The molecule has 7 heteroatoms. The number of anilines is 1. The smallest absolute Gasteiger partial charge is 0.252 e.